The molecule has 1 amide bonds. The standard InChI is InChI=1S/C11H12BrClN2O/c1-7-4-8(12)5-9(13)10(7)11(16)14-6-15(2)3/h4-6H,1-3H3. The average Bonchev–Trinajstić information content (AvgIpc) is 2.12. The fourth-order valence-corrected chi connectivity index (χ4v) is 2.26. The third-order valence-electron chi connectivity index (χ3n) is 1.87. The quantitative estimate of drug-likeness (QED) is 0.621. The van der Waals surface area contributed by atoms with Crippen molar-refractivity contribution in [2.24, 2.45) is 4.99 Å². The van der Waals surface area contributed by atoms with Gasteiger partial charge in [0.25, 0.3) is 5.91 Å². The zero-order chi connectivity index (χ0) is 12.3. The maximum atomic E-state index is 11.8. The number of benzene rings is 1. The second-order valence-corrected chi connectivity index (χ2v) is 4.92. The van der Waals surface area contributed by atoms with E-state index in [1.54, 1.807) is 25.1 Å². The first-order valence-corrected chi connectivity index (χ1v) is 5.79. The molecule has 0 aliphatic rings. The van der Waals surface area contributed by atoms with Crippen LogP contribution in [0.4, 0.5) is 0 Å². The molecule has 16 heavy (non-hydrogen) atoms. The summed E-state index contributed by atoms with van der Waals surface area (Å²) in [5.74, 6) is -0.330. The van der Waals surface area contributed by atoms with E-state index in [2.05, 4.69) is 20.9 Å². The van der Waals surface area contributed by atoms with E-state index in [1.165, 1.54) is 6.34 Å². The molecular weight excluding hydrogens is 291 g/mol. The molecule has 0 fully saturated rings. The van der Waals surface area contributed by atoms with Gasteiger partial charge < -0.3 is 4.90 Å². The molecule has 0 heterocycles. The van der Waals surface area contributed by atoms with E-state index in [0.717, 1.165) is 10.0 Å². The van der Waals surface area contributed by atoms with Crippen molar-refractivity contribution >= 4 is 39.8 Å². The lowest BCUT2D eigenvalue weighted by Gasteiger charge is -2.06. The average molecular weight is 304 g/mol. The number of nitrogens with zero attached hydrogens (tertiary/aromatic N) is 2. The Balaban J connectivity index is 3.09. The third-order valence-corrected chi connectivity index (χ3v) is 2.63. The summed E-state index contributed by atoms with van der Waals surface area (Å²) in [6.07, 6.45) is 1.46. The molecule has 0 aromatic heterocycles. The van der Waals surface area contributed by atoms with E-state index < -0.39 is 0 Å². The minimum absolute atomic E-state index is 0.330. The third kappa shape index (κ3) is 3.32. The molecule has 0 aliphatic heterocycles. The number of carbonyl (C=O) groups is 1. The summed E-state index contributed by atoms with van der Waals surface area (Å²) in [6.45, 7) is 1.83. The first-order valence-electron chi connectivity index (χ1n) is 4.62. The Labute approximate surface area is 108 Å². The van der Waals surface area contributed by atoms with Crippen molar-refractivity contribution in [1.29, 1.82) is 0 Å². The predicted molar refractivity (Wildman–Crippen MR) is 70.4 cm³/mol. The van der Waals surface area contributed by atoms with Crippen LogP contribution in [0.2, 0.25) is 5.02 Å². The molecule has 1 aromatic rings. The number of aliphatic imine (C=N–C) groups is 1. The summed E-state index contributed by atoms with van der Waals surface area (Å²) >= 11 is 9.32. The van der Waals surface area contributed by atoms with E-state index in [4.69, 9.17) is 11.6 Å². The Kier molecular flexibility index (Phi) is 4.50. The lowest BCUT2D eigenvalue weighted by Crippen LogP contribution is -2.10. The van der Waals surface area contributed by atoms with Crippen molar-refractivity contribution in [2.45, 2.75) is 6.92 Å². The molecule has 1 rings (SSSR count). The molecule has 0 unspecified atom stereocenters. The van der Waals surface area contributed by atoms with Crippen LogP contribution in [0.5, 0.6) is 0 Å². The van der Waals surface area contributed by atoms with Gasteiger partial charge in [0.05, 0.1) is 16.9 Å². The lowest BCUT2D eigenvalue weighted by atomic mass is 10.1. The number of carbonyl (C=O) groups excluding carboxylic acids is 1. The van der Waals surface area contributed by atoms with E-state index in [-0.39, 0.29) is 5.91 Å². The second-order valence-electron chi connectivity index (χ2n) is 3.59. The maximum Gasteiger partial charge on any atom is 0.280 e. The van der Waals surface area contributed by atoms with Crippen molar-refractivity contribution in [3.8, 4) is 0 Å². The number of hydrogen-bond donors (Lipinski definition) is 0. The highest BCUT2D eigenvalue weighted by Crippen LogP contribution is 2.25. The number of hydrogen-bond acceptors (Lipinski definition) is 1. The van der Waals surface area contributed by atoms with Crippen molar-refractivity contribution in [3.05, 3.63) is 32.8 Å². The zero-order valence-electron chi connectivity index (χ0n) is 9.29. The van der Waals surface area contributed by atoms with Crippen LogP contribution in [0, 0.1) is 6.92 Å². The van der Waals surface area contributed by atoms with Crippen LogP contribution in [-0.2, 0) is 0 Å². The molecule has 5 heteroatoms. The summed E-state index contributed by atoms with van der Waals surface area (Å²) in [5, 5.41) is 0.410. The largest absolute Gasteiger partial charge is 0.369 e. The van der Waals surface area contributed by atoms with Gasteiger partial charge in [-0.2, -0.15) is 4.99 Å². The summed E-state index contributed by atoms with van der Waals surface area (Å²) in [4.78, 5) is 17.3. The molecule has 0 saturated heterocycles. The maximum absolute atomic E-state index is 11.8. The van der Waals surface area contributed by atoms with Crippen LogP contribution in [0.25, 0.3) is 0 Å². The summed E-state index contributed by atoms with van der Waals surface area (Å²) in [5.41, 5.74) is 1.25. The van der Waals surface area contributed by atoms with Crippen LogP contribution in [0.3, 0.4) is 0 Å². The highest BCUT2D eigenvalue weighted by molar-refractivity contribution is 9.10. The van der Waals surface area contributed by atoms with E-state index in [0.29, 0.717) is 10.6 Å². The van der Waals surface area contributed by atoms with Gasteiger partial charge in [0.1, 0.15) is 0 Å². The van der Waals surface area contributed by atoms with Crippen LogP contribution in [-0.4, -0.2) is 31.2 Å². The SMILES string of the molecule is Cc1cc(Br)cc(Cl)c1C(=O)N=CN(C)C. The molecular formula is C11H12BrClN2O. The first kappa shape index (κ1) is 13.2. The molecule has 86 valence electrons. The van der Waals surface area contributed by atoms with Crippen molar-refractivity contribution in [2.75, 3.05) is 14.1 Å². The fraction of sp³-hybridized carbons (Fsp3) is 0.273. The van der Waals surface area contributed by atoms with Gasteiger partial charge in [-0.1, -0.05) is 27.5 Å². The number of aryl methyl sites for hydroxylation is 1. The molecule has 0 aliphatic carbocycles. The van der Waals surface area contributed by atoms with Gasteiger partial charge in [-0.05, 0) is 24.6 Å². The highest BCUT2D eigenvalue weighted by Gasteiger charge is 2.13. The molecule has 0 radical (unpaired) electrons. The summed E-state index contributed by atoms with van der Waals surface area (Å²) in [7, 11) is 3.60. The van der Waals surface area contributed by atoms with Crippen LogP contribution in [0.15, 0.2) is 21.6 Å². The molecule has 0 saturated carbocycles. The highest BCUT2D eigenvalue weighted by atomic mass is 79.9. The molecule has 0 atom stereocenters. The van der Waals surface area contributed by atoms with Crippen molar-refractivity contribution in [3.63, 3.8) is 0 Å². The van der Waals surface area contributed by atoms with Gasteiger partial charge in [0, 0.05) is 18.6 Å². The van der Waals surface area contributed by atoms with E-state index >= 15 is 0 Å². The number of halogens is 2. The van der Waals surface area contributed by atoms with Crippen LogP contribution in [0.1, 0.15) is 15.9 Å². The Morgan fingerprint density at radius 1 is 1.50 bits per heavy atom. The van der Waals surface area contributed by atoms with Crippen LogP contribution < -0.4 is 0 Å². The topological polar surface area (TPSA) is 32.7 Å². The Hall–Kier alpha value is -0.870. The number of amides is 1. The minimum Gasteiger partial charge on any atom is -0.369 e. The molecule has 1 aromatic carbocycles. The molecule has 0 N–H and O–H groups in total. The lowest BCUT2D eigenvalue weighted by molar-refractivity contribution is 0.100. The van der Waals surface area contributed by atoms with Gasteiger partial charge in [0.15, 0.2) is 0 Å². The normalized spacial score (nSPS) is 10.8. The van der Waals surface area contributed by atoms with Crippen molar-refractivity contribution in [1.82, 2.24) is 4.90 Å². The van der Waals surface area contributed by atoms with E-state index in [1.807, 2.05) is 13.0 Å². The smallest absolute Gasteiger partial charge is 0.280 e. The van der Waals surface area contributed by atoms with Gasteiger partial charge in [-0.25, -0.2) is 0 Å². The van der Waals surface area contributed by atoms with E-state index in [9.17, 15) is 4.79 Å². The Bertz CT molecular complexity index is 421. The monoisotopic (exact) mass is 302 g/mol. The van der Waals surface area contributed by atoms with Gasteiger partial charge in [-0.3, -0.25) is 4.79 Å². The van der Waals surface area contributed by atoms with Crippen molar-refractivity contribution < 1.29 is 4.79 Å². The molecule has 0 bridgehead atoms. The molecule has 0 spiro atoms. The first-order chi connectivity index (χ1) is 7.41. The summed E-state index contributed by atoms with van der Waals surface area (Å²) in [6, 6.07) is 3.53. The minimum atomic E-state index is -0.330. The zero-order valence-corrected chi connectivity index (χ0v) is 11.6. The van der Waals surface area contributed by atoms with Gasteiger partial charge >= 0.3 is 0 Å². The Morgan fingerprint density at radius 2 is 2.12 bits per heavy atom. The molecule has 3 nitrogen and oxygen atoms in total. The van der Waals surface area contributed by atoms with Gasteiger partial charge in [0.2, 0.25) is 0 Å². The van der Waals surface area contributed by atoms with Crippen LogP contribution >= 0.6 is 27.5 Å². The summed E-state index contributed by atoms with van der Waals surface area (Å²) < 4.78 is 0.850. The second kappa shape index (κ2) is 5.46. The van der Waals surface area contributed by atoms with Gasteiger partial charge in [-0.15, -0.1) is 0 Å². The number of rotatable bonds is 2. The predicted octanol–water partition coefficient (Wildman–Crippen LogP) is 3.14. The Morgan fingerprint density at radius 3 is 2.62 bits per heavy atom. The fourth-order valence-electron chi connectivity index (χ4n) is 1.21.